The van der Waals surface area contributed by atoms with Crippen LogP contribution in [-0.2, 0) is 24.5 Å². The lowest BCUT2D eigenvalue weighted by Crippen LogP contribution is -2.53. The standard InChI is InChI=1S/C27H26ClN3O4/c1-4-35-25(33)23-24(29)31(19-11-8-14(2)12-15(19)3)20-6-5-7-21(32)22(20)27(23)17-13-16(28)9-10-18(17)30-26(27)34/h8-13H,4-7,29H2,1-3H3,(H,30,34). The lowest BCUT2D eigenvalue weighted by Gasteiger charge is -2.44. The number of nitrogens with two attached hydrogens (primary N) is 1. The minimum absolute atomic E-state index is 0.0631. The number of esters is 1. The van der Waals surface area contributed by atoms with Crippen LogP contribution < -0.4 is 16.0 Å². The number of hydrogen-bond donors (Lipinski definition) is 2. The van der Waals surface area contributed by atoms with Gasteiger partial charge in [-0.25, -0.2) is 4.79 Å². The van der Waals surface area contributed by atoms with E-state index in [9.17, 15) is 14.4 Å². The lowest BCUT2D eigenvalue weighted by atomic mass is 9.63. The van der Waals surface area contributed by atoms with Crippen LogP contribution >= 0.6 is 11.6 Å². The van der Waals surface area contributed by atoms with Gasteiger partial charge in [-0.2, -0.15) is 0 Å². The Balaban J connectivity index is 1.92. The third-order valence-electron chi connectivity index (χ3n) is 6.95. The summed E-state index contributed by atoms with van der Waals surface area (Å²) >= 11 is 6.36. The topological polar surface area (TPSA) is 102 Å². The summed E-state index contributed by atoms with van der Waals surface area (Å²) in [5.74, 6) is -1.37. The fourth-order valence-corrected chi connectivity index (χ4v) is 5.79. The molecule has 0 saturated carbocycles. The molecule has 5 rings (SSSR count). The van der Waals surface area contributed by atoms with E-state index in [1.807, 2.05) is 32.0 Å². The zero-order valence-corrected chi connectivity index (χ0v) is 20.6. The Morgan fingerprint density at radius 3 is 2.66 bits per heavy atom. The van der Waals surface area contributed by atoms with E-state index in [4.69, 9.17) is 22.1 Å². The zero-order valence-electron chi connectivity index (χ0n) is 19.8. The summed E-state index contributed by atoms with van der Waals surface area (Å²) in [6.45, 7) is 5.71. The van der Waals surface area contributed by atoms with Gasteiger partial charge in [-0.3, -0.25) is 14.5 Å². The van der Waals surface area contributed by atoms with Crippen molar-refractivity contribution in [3.8, 4) is 0 Å². The van der Waals surface area contributed by atoms with Crippen molar-refractivity contribution in [2.75, 3.05) is 16.8 Å². The van der Waals surface area contributed by atoms with Crippen LogP contribution in [0.15, 0.2) is 59.1 Å². The van der Waals surface area contributed by atoms with Crippen LogP contribution in [0, 0.1) is 13.8 Å². The molecule has 0 aromatic heterocycles. The highest BCUT2D eigenvalue weighted by atomic mass is 35.5. The summed E-state index contributed by atoms with van der Waals surface area (Å²) in [4.78, 5) is 42.9. The maximum atomic E-state index is 13.9. The number of rotatable bonds is 3. The first-order valence-electron chi connectivity index (χ1n) is 11.6. The molecule has 8 heteroatoms. The van der Waals surface area contributed by atoms with E-state index in [1.54, 1.807) is 30.0 Å². The molecule has 1 unspecified atom stereocenters. The van der Waals surface area contributed by atoms with E-state index >= 15 is 0 Å². The van der Waals surface area contributed by atoms with Crippen LogP contribution in [0.25, 0.3) is 0 Å². The van der Waals surface area contributed by atoms with Crippen molar-refractivity contribution in [1.82, 2.24) is 0 Å². The molecule has 0 radical (unpaired) electrons. The smallest absolute Gasteiger partial charge is 0.339 e. The van der Waals surface area contributed by atoms with Crippen LogP contribution in [0.5, 0.6) is 0 Å². The lowest BCUT2D eigenvalue weighted by molar-refractivity contribution is -0.140. The number of Topliss-reactive ketones (excluding diaryl/α,β-unsaturated/α-hetero) is 1. The second-order valence-corrected chi connectivity index (χ2v) is 9.53. The molecule has 0 bridgehead atoms. The van der Waals surface area contributed by atoms with Crippen molar-refractivity contribution in [3.63, 3.8) is 0 Å². The second kappa shape index (κ2) is 8.27. The first-order valence-corrected chi connectivity index (χ1v) is 12.0. The van der Waals surface area contributed by atoms with Gasteiger partial charge in [0.25, 0.3) is 0 Å². The Morgan fingerprint density at radius 2 is 1.94 bits per heavy atom. The molecule has 2 heterocycles. The first-order chi connectivity index (χ1) is 16.7. The van der Waals surface area contributed by atoms with Crippen LogP contribution in [0.4, 0.5) is 11.4 Å². The molecule has 0 saturated heterocycles. The predicted octanol–water partition coefficient (Wildman–Crippen LogP) is 4.41. The number of ketones is 1. The van der Waals surface area contributed by atoms with Gasteiger partial charge in [0.05, 0.1) is 12.3 Å². The van der Waals surface area contributed by atoms with Gasteiger partial charge in [-0.1, -0.05) is 29.3 Å². The van der Waals surface area contributed by atoms with Crippen LogP contribution in [0.3, 0.4) is 0 Å². The Bertz CT molecular complexity index is 1380. The van der Waals surface area contributed by atoms with Crippen molar-refractivity contribution in [3.05, 3.63) is 80.8 Å². The van der Waals surface area contributed by atoms with Crippen molar-refractivity contribution >= 4 is 40.6 Å². The number of anilines is 2. The number of nitrogens with zero attached hydrogens (tertiary/aromatic N) is 1. The Morgan fingerprint density at radius 1 is 1.17 bits per heavy atom. The Kier molecular flexibility index (Phi) is 5.48. The van der Waals surface area contributed by atoms with Gasteiger partial charge < -0.3 is 15.8 Å². The number of hydrogen-bond acceptors (Lipinski definition) is 6. The molecule has 2 aromatic carbocycles. The molecule has 1 spiro atoms. The highest BCUT2D eigenvalue weighted by Gasteiger charge is 2.62. The third-order valence-corrected chi connectivity index (χ3v) is 7.18. The summed E-state index contributed by atoms with van der Waals surface area (Å²) in [6.07, 6.45) is 1.40. The average Bonchev–Trinajstić information content (AvgIpc) is 3.07. The van der Waals surface area contributed by atoms with Gasteiger partial charge in [-0.15, -0.1) is 0 Å². The molecule has 1 aliphatic carbocycles. The minimum atomic E-state index is -1.74. The fourth-order valence-electron chi connectivity index (χ4n) is 5.61. The number of fused-ring (bicyclic) bond motifs is 3. The summed E-state index contributed by atoms with van der Waals surface area (Å²) in [5, 5.41) is 3.24. The average molecular weight is 492 g/mol. The highest BCUT2D eigenvalue weighted by Crippen LogP contribution is 2.56. The number of allylic oxidation sites excluding steroid dienone is 1. The molecule has 1 atom stereocenters. The molecule has 1 amide bonds. The predicted molar refractivity (Wildman–Crippen MR) is 134 cm³/mol. The molecule has 180 valence electrons. The molecule has 3 N–H and O–H groups in total. The van der Waals surface area contributed by atoms with E-state index < -0.39 is 17.3 Å². The van der Waals surface area contributed by atoms with Crippen molar-refractivity contribution in [2.45, 2.75) is 45.4 Å². The number of benzene rings is 2. The number of amides is 1. The number of nitrogens with one attached hydrogen (secondary N) is 1. The van der Waals surface area contributed by atoms with E-state index in [2.05, 4.69) is 5.32 Å². The molecular formula is C27H26ClN3O4. The maximum absolute atomic E-state index is 13.9. The van der Waals surface area contributed by atoms with E-state index in [1.165, 1.54) is 0 Å². The summed E-state index contributed by atoms with van der Waals surface area (Å²) in [7, 11) is 0. The molecule has 35 heavy (non-hydrogen) atoms. The first kappa shape index (κ1) is 23.2. The monoisotopic (exact) mass is 491 g/mol. The minimum Gasteiger partial charge on any atom is -0.462 e. The van der Waals surface area contributed by atoms with Crippen LogP contribution in [-0.4, -0.2) is 24.3 Å². The second-order valence-electron chi connectivity index (χ2n) is 9.10. The number of carbonyl (C=O) groups excluding carboxylic acids is 3. The van der Waals surface area contributed by atoms with Crippen molar-refractivity contribution < 1.29 is 19.1 Å². The van der Waals surface area contributed by atoms with Crippen LogP contribution in [0.1, 0.15) is 42.9 Å². The van der Waals surface area contributed by atoms with Crippen molar-refractivity contribution in [1.29, 1.82) is 0 Å². The molecule has 3 aliphatic rings. The van der Waals surface area contributed by atoms with Crippen LogP contribution in [0.2, 0.25) is 5.02 Å². The summed E-state index contributed by atoms with van der Waals surface area (Å²) < 4.78 is 5.43. The SMILES string of the molecule is CCOC(=O)C1=C(N)N(c2ccc(C)cc2C)C2=C(C(=O)CCC2)C12C(=O)Nc1ccc(Cl)cc12. The number of carbonyl (C=O) groups is 3. The van der Waals surface area contributed by atoms with Gasteiger partial charge in [-0.05, 0) is 63.4 Å². The zero-order chi connectivity index (χ0) is 25.1. The van der Waals surface area contributed by atoms with Gasteiger partial charge in [0.2, 0.25) is 5.91 Å². The molecule has 7 nitrogen and oxygen atoms in total. The molecule has 0 fully saturated rings. The normalized spacial score (nSPS) is 21.3. The van der Waals surface area contributed by atoms with Gasteiger partial charge in [0.1, 0.15) is 16.8 Å². The summed E-state index contributed by atoms with van der Waals surface area (Å²) in [5.41, 5.74) is 9.56. The summed E-state index contributed by atoms with van der Waals surface area (Å²) in [6, 6.07) is 10.8. The number of halogens is 1. The van der Waals surface area contributed by atoms with Gasteiger partial charge in [0.15, 0.2) is 5.78 Å². The highest BCUT2D eigenvalue weighted by molar-refractivity contribution is 6.31. The van der Waals surface area contributed by atoms with E-state index in [0.29, 0.717) is 34.8 Å². The van der Waals surface area contributed by atoms with E-state index in [0.717, 1.165) is 16.8 Å². The van der Waals surface area contributed by atoms with Gasteiger partial charge >= 0.3 is 5.97 Å². The fraction of sp³-hybridized carbons (Fsp3) is 0.296. The Hall–Kier alpha value is -3.58. The molecule has 2 aromatic rings. The number of aryl methyl sites for hydroxylation is 2. The number of ether oxygens (including phenoxy) is 1. The van der Waals surface area contributed by atoms with E-state index in [-0.39, 0.29) is 35.8 Å². The third kappa shape index (κ3) is 3.22. The largest absolute Gasteiger partial charge is 0.462 e. The van der Waals surface area contributed by atoms with Gasteiger partial charge in [0, 0.05) is 34.0 Å². The molecular weight excluding hydrogens is 466 g/mol. The molecule has 2 aliphatic heterocycles. The quantitative estimate of drug-likeness (QED) is 0.617. The maximum Gasteiger partial charge on any atom is 0.339 e. The Labute approximate surface area is 208 Å². The van der Waals surface area contributed by atoms with Crippen molar-refractivity contribution in [2.24, 2.45) is 5.73 Å².